The van der Waals surface area contributed by atoms with Crippen molar-refractivity contribution in [2.45, 2.75) is 39.2 Å². The van der Waals surface area contributed by atoms with Crippen LogP contribution in [-0.2, 0) is 6.54 Å². The molecule has 0 bridgehead atoms. The van der Waals surface area contributed by atoms with Crippen molar-refractivity contribution in [2.75, 3.05) is 6.54 Å². The second-order valence-electron chi connectivity index (χ2n) is 5.76. The zero-order chi connectivity index (χ0) is 15.2. The lowest BCUT2D eigenvalue weighted by Crippen LogP contribution is -2.38. The van der Waals surface area contributed by atoms with Gasteiger partial charge >= 0.3 is 12.0 Å². The number of aromatic carboxylic acids is 1. The fourth-order valence-corrected chi connectivity index (χ4v) is 2.59. The fraction of sp³-hybridized carbons (Fsp3) is 0.600. The Kier molecular flexibility index (Phi) is 5.25. The van der Waals surface area contributed by atoms with Crippen molar-refractivity contribution in [1.82, 2.24) is 10.6 Å². The van der Waals surface area contributed by atoms with Crippen LogP contribution in [0.1, 0.15) is 48.9 Å². The zero-order valence-electron chi connectivity index (χ0n) is 12.2. The summed E-state index contributed by atoms with van der Waals surface area (Å²) in [7, 11) is 0. The molecule has 0 aromatic carbocycles. The number of hydrogen-bond donors (Lipinski definition) is 3. The van der Waals surface area contributed by atoms with Crippen molar-refractivity contribution in [3.63, 3.8) is 0 Å². The zero-order valence-corrected chi connectivity index (χ0v) is 12.2. The van der Waals surface area contributed by atoms with E-state index < -0.39 is 5.97 Å². The molecule has 6 heteroatoms. The topological polar surface area (TPSA) is 91.6 Å². The summed E-state index contributed by atoms with van der Waals surface area (Å²) in [6.07, 6.45) is 4.81. The Bertz CT molecular complexity index is 490. The Morgan fingerprint density at radius 3 is 2.57 bits per heavy atom. The third-order valence-electron chi connectivity index (χ3n) is 3.98. The minimum atomic E-state index is -1.11. The first-order valence-corrected chi connectivity index (χ1v) is 7.38. The van der Waals surface area contributed by atoms with Gasteiger partial charge in [0.2, 0.25) is 5.76 Å². The maximum atomic E-state index is 11.7. The predicted octanol–water partition coefficient (Wildman–Crippen LogP) is 2.60. The number of furan rings is 1. The molecule has 2 amide bonds. The molecule has 21 heavy (non-hydrogen) atoms. The van der Waals surface area contributed by atoms with E-state index in [0.717, 1.165) is 5.92 Å². The van der Waals surface area contributed by atoms with E-state index in [2.05, 4.69) is 17.6 Å². The van der Waals surface area contributed by atoms with Crippen LogP contribution in [0.4, 0.5) is 4.79 Å². The average molecular weight is 294 g/mol. The van der Waals surface area contributed by atoms with E-state index in [-0.39, 0.29) is 18.3 Å². The van der Waals surface area contributed by atoms with Gasteiger partial charge in [0.25, 0.3) is 0 Å². The van der Waals surface area contributed by atoms with E-state index in [9.17, 15) is 9.59 Å². The lowest BCUT2D eigenvalue weighted by atomic mass is 9.83. The Hall–Kier alpha value is -1.98. The van der Waals surface area contributed by atoms with Gasteiger partial charge in [-0.25, -0.2) is 9.59 Å². The largest absolute Gasteiger partial charge is 0.475 e. The molecule has 0 atom stereocenters. The number of carboxylic acids is 1. The molecule has 0 spiro atoms. The number of urea groups is 1. The lowest BCUT2D eigenvalue weighted by molar-refractivity contribution is 0.0660. The third-order valence-corrected chi connectivity index (χ3v) is 3.98. The van der Waals surface area contributed by atoms with E-state index in [1.165, 1.54) is 31.7 Å². The Morgan fingerprint density at radius 2 is 1.95 bits per heavy atom. The molecule has 1 aliphatic rings. The number of carbonyl (C=O) groups excluding carboxylic acids is 1. The van der Waals surface area contributed by atoms with E-state index in [1.54, 1.807) is 6.07 Å². The quantitative estimate of drug-likeness (QED) is 0.778. The first-order chi connectivity index (χ1) is 10.0. The molecular formula is C15H22N2O4. The van der Waals surface area contributed by atoms with Crippen LogP contribution < -0.4 is 10.6 Å². The van der Waals surface area contributed by atoms with Crippen molar-refractivity contribution in [3.8, 4) is 0 Å². The molecule has 1 aliphatic carbocycles. The summed E-state index contributed by atoms with van der Waals surface area (Å²) in [5.74, 6) is 0.557. The van der Waals surface area contributed by atoms with Gasteiger partial charge in [-0.1, -0.05) is 19.8 Å². The second kappa shape index (κ2) is 7.15. The van der Waals surface area contributed by atoms with Gasteiger partial charge in [0.05, 0.1) is 6.54 Å². The van der Waals surface area contributed by atoms with Crippen LogP contribution in [0.25, 0.3) is 0 Å². The summed E-state index contributed by atoms with van der Waals surface area (Å²) in [6.45, 7) is 3.14. The molecule has 0 radical (unpaired) electrons. The summed E-state index contributed by atoms with van der Waals surface area (Å²) in [6, 6.07) is 2.68. The lowest BCUT2D eigenvalue weighted by Gasteiger charge is -2.26. The van der Waals surface area contributed by atoms with Crippen LogP contribution in [0.3, 0.4) is 0 Å². The van der Waals surface area contributed by atoms with Crippen molar-refractivity contribution < 1.29 is 19.1 Å². The Balaban J connectivity index is 1.66. The van der Waals surface area contributed by atoms with Crippen LogP contribution in [-0.4, -0.2) is 23.7 Å². The Morgan fingerprint density at radius 1 is 1.24 bits per heavy atom. The standard InChI is InChI=1S/C15H22N2O4/c1-10-2-4-11(5-3-10)8-16-15(20)17-9-12-6-7-13(21-12)14(18)19/h6-7,10-11H,2-5,8-9H2,1H3,(H,18,19)(H2,16,17,20). The van der Waals surface area contributed by atoms with Crippen LogP contribution in [0.15, 0.2) is 16.5 Å². The number of hydrogen-bond acceptors (Lipinski definition) is 3. The molecule has 0 unspecified atom stereocenters. The number of nitrogens with one attached hydrogen (secondary N) is 2. The summed E-state index contributed by atoms with van der Waals surface area (Å²) >= 11 is 0. The smallest absolute Gasteiger partial charge is 0.371 e. The molecule has 6 nitrogen and oxygen atoms in total. The summed E-state index contributed by atoms with van der Waals surface area (Å²) < 4.78 is 5.06. The minimum Gasteiger partial charge on any atom is -0.475 e. The van der Waals surface area contributed by atoms with Gasteiger partial charge < -0.3 is 20.2 Å². The molecule has 0 aliphatic heterocycles. The maximum Gasteiger partial charge on any atom is 0.371 e. The molecule has 3 N–H and O–H groups in total. The summed E-state index contributed by atoms with van der Waals surface area (Å²) in [5.41, 5.74) is 0. The highest BCUT2D eigenvalue weighted by molar-refractivity contribution is 5.84. The minimum absolute atomic E-state index is 0.122. The normalized spacial score (nSPS) is 21.8. The van der Waals surface area contributed by atoms with Crippen molar-refractivity contribution in [3.05, 3.63) is 23.7 Å². The predicted molar refractivity (Wildman–Crippen MR) is 77.0 cm³/mol. The monoisotopic (exact) mass is 294 g/mol. The van der Waals surface area contributed by atoms with Crippen molar-refractivity contribution in [2.24, 2.45) is 11.8 Å². The SMILES string of the molecule is CC1CCC(CNC(=O)NCc2ccc(C(=O)O)o2)CC1. The first-order valence-electron chi connectivity index (χ1n) is 7.38. The molecule has 2 rings (SSSR count). The van der Waals surface area contributed by atoms with E-state index in [0.29, 0.717) is 18.2 Å². The van der Waals surface area contributed by atoms with Gasteiger partial charge in [-0.3, -0.25) is 0 Å². The molecule has 1 fully saturated rings. The Labute approximate surface area is 123 Å². The number of amides is 2. The number of carboxylic acid groups (broad SMARTS) is 1. The second-order valence-corrected chi connectivity index (χ2v) is 5.76. The third kappa shape index (κ3) is 4.81. The highest BCUT2D eigenvalue weighted by Crippen LogP contribution is 2.27. The number of rotatable bonds is 5. The van der Waals surface area contributed by atoms with Gasteiger partial charge in [-0.05, 0) is 36.8 Å². The fourth-order valence-electron chi connectivity index (χ4n) is 2.59. The number of carbonyl (C=O) groups is 2. The van der Waals surface area contributed by atoms with Crippen molar-refractivity contribution in [1.29, 1.82) is 0 Å². The molecule has 1 aromatic heterocycles. The average Bonchev–Trinajstić information content (AvgIpc) is 2.93. The van der Waals surface area contributed by atoms with Crippen LogP contribution >= 0.6 is 0 Å². The van der Waals surface area contributed by atoms with Crippen LogP contribution in [0.5, 0.6) is 0 Å². The molecular weight excluding hydrogens is 272 g/mol. The molecule has 116 valence electrons. The van der Waals surface area contributed by atoms with Gasteiger partial charge in [0.15, 0.2) is 0 Å². The van der Waals surface area contributed by atoms with Gasteiger partial charge in [-0.2, -0.15) is 0 Å². The molecule has 1 heterocycles. The van der Waals surface area contributed by atoms with E-state index >= 15 is 0 Å². The van der Waals surface area contributed by atoms with Crippen LogP contribution in [0, 0.1) is 11.8 Å². The van der Waals surface area contributed by atoms with Gasteiger partial charge in [0.1, 0.15) is 5.76 Å². The van der Waals surface area contributed by atoms with E-state index in [4.69, 9.17) is 9.52 Å². The van der Waals surface area contributed by atoms with Gasteiger partial charge in [-0.15, -0.1) is 0 Å². The summed E-state index contributed by atoms with van der Waals surface area (Å²) in [5, 5.41) is 14.3. The highest BCUT2D eigenvalue weighted by atomic mass is 16.4. The maximum absolute atomic E-state index is 11.7. The molecule has 0 saturated heterocycles. The molecule has 1 aromatic rings. The van der Waals surface area contributed by atoms with Gasteiger partial charge in [0, 0.05) is 6.54 Å². The first kappa shape index (κ1) is 15.4. The summed E-state index contributed by atoms with van der Waals surface area (Å²) in [4.78, 5) is 22.3. The molecule has 1 saturated carbocycles. The van der Waals surface area contributed by atoms with Crippen molar-refractivity contribution >= 4 is 12.0 Å². The van der Waals surface area contributed by atoms with E-state index in [1.807, 2.05) is 0 Å². The van der Waals surface area contributed by atoms with Crippen LogP contribution in [0.2, 0.25) is 0 Å². The highest BCUT2D eigenvalue weighted by Gasteiger charge is 2.18.